The van der Waals surface area contributed by atoms with Gasteiger partial charge in [-0.2, -0.15) is 0 Å². The number of benzene rings is 1. The number of nitrogens with zero attached hydrogens (tertiary/aromatic N) is 1. The second kappa shape index (κ2) is 4.04. The molecule has 1 saturated heterocycles. The molecule has 4 nitrogen and oxygen atoms in total. The monoisotopic (exact) mass is 232 g/mol. The van der Waals surface area contributed by atoms with Crippen molar-refractivity contribution in [2.24, 2.45) is 0 Å². The topological polar surface area (TPSA) is 52.6 Å². The summed E-state index contributed by atoms with van der Waals surface area (Å²) in [6.07, 6.45) is 1.37. The van der Waals surface area contributed by atoms with Gasteiger partial charge in [-0.25, -0.2) is 0 Å². The minimum Gasteiger partial charge on any atom is -0.391 e. The van der Waals surface area contributed by atoms with Gasteiger partial charge in [0.15, 0.2) is 0 Å². The van der Waals surface area contributed by atoms with Gasteiger partial charge >= 0.3 is 0 Å². The van der Waals surface area contributed by atoms with Gasteiger partial charge in [0.25, 0.3) is 5.91 Å². The van der Waals surface area contributed by atoms with Crippen LogP contribution >= 0.6 is 0 Å². The maximum absolute atomic E-state index is 12.2. The van der Waals surface area contributed by atoms with Gasteiger partial charge in [0.2, 0.25) is 0 Å². The summed E-state index contributed by atoms with van der Waals surface area (Å²) >= 11 is 0. The van der Waals surface area contributed by atoms with E-state index in [1.54, 1.807) is 4.90 Å². The molecule has 90 valence electrons. The highest BCUT2D eigenvalue weighted by atomic mass is 16.3. The number of aliphatic hydroxyl groups excluding tert-OH is 1. The molecule has 3 rings (SSSR count). The Morgan fingerprint density at radius 3 is 3.12 bits per heavy atom. The number of aliphatic hydroxyl groups is 1. The first-order valence-electron chi connectivity index (χ1n) is 6.08. The number of carbonyl (C=O) groups excluding carboxylic acids is 1. The number of anilines is 1. The summed E-state index contributed by atoms with van der Waals surface area (Å²) in [7, 11) is 0. The molecule has 0 aliphatic carbocycles. The first kappa shape index (κ1) is 10.6. The lowest BCUT2D eigenvalue weighted by Gasteiger charge is -2.16. The first-order valence-corrected chi connectivity index (χ1v) is 6.08. The summed E-state index contributed by atoms with van der Waals surface area (Å²) in [6, 6.07) is 5.84. The van der Waals surface area contributed by atoms with Gasteiger partial charge in [-0.1, -0.05) is 6.07 Å². The maximum Gasteiger partial charge on any atom is 0.254 e. The van der Waals surface area contributed by atoms with E-state index in [-0.39, 0.29) is 12.0 Å². The fourth-order valence-electron chi connectivity index (χ4n) is 2.53. The van der Waals surface area contributed by atoms with Crippen LogP contribution in [0.4, 0.5) is 5.69 Å². The van der Waals surface area contributed by atoms with Crippen LogP contribution in [0.1, 0.15) is 22.3 Å². The Labute approximate surface area is 100 Å². The van der Waals surface area contributed by atoms with Crippen molar-refractivity contribution < 1.29 is 9.90 Å². The highest BCUT2D eigenvalue weighted by Gasteiger charge is 2.26. The fourth-order valence-corrected chi connectivity index (χ4v) is 2.53. The summed E-state index contributed by atoms with van der Waals surface area (Å²) in [6.45, 7) is 2.07. The Bertz CT molecular complexity index is 459. The molecule has 1 atom stereocenters. The SMILES string of the molecule is O=C(c1ccc2c(c1)NCC2)N1CCC(O)C1. The van der Waals surface area contributed by atoms with E-state index < -0.39 is 0 Å². The molecule has 1 amide bonds. The van der Waals surface area contributed by atoms with E-state index in [0.29, 0.717) is 25.1 Å². The molecule has 0 bridgehead atoms. The van der Waals surface area contributed by atoms with E-state index in [9.17, 15) is 9.90 Å². The van der Waals surface area contributed by atoms with Gasteiger partial charge in [0.05, 0.1) is 6.10 Å². The number of rotatable bonds is 1. The molecule has 0 spiro atoms. The largest absolute Gasteiger partial charge is 0.391 e. The average molecular weight is 232 g/mol. The van der Waals surface area contributed by atoms with E-state index >= 15 is 0 Å². The van der Waals surface area contributed by atoms with Crippen LogP contribution in [0.3, 0.4) is 0 Å². The van der Waals surface area contributed by atoms with Gasteiger partial charge in [0, 0.05) is 30.9 Å². The molecule has 1 unspecified atom stereocenters. The molecule has 2 aliphatic heterocycles. The number of hydrogen-bond donors (Lipinski definition) is 2. The number of likely N-dealkylation sites (tertiary alicyclic amines) is 1. The Morgan fingerprint density at radius 2 is 2.35 bits per heavy atom. The van der Waals surface area contributed by atoms with Crippen molar-refractivity contribution in [1.29, 1.82) is 0 Å². The van der Waals surface area contributed by atoms with Crippen molar-refractivity contribution in [3.05, 3.63) is 29.3 Å². The Morgan fingerprint density at radius 1 is 1.47 bits per heavy atom. The number of carbonyl (C=O) groups is 1. The van der Waals surface area contributed by atoms with Crippen LogP contribution in [0, 0.1) is 0 Å². The Hall–Kier alpha value is -1.55. The van der Waals surface area contributed by atoms with Gasteiger partial charge in [-0.3, -0.25) is 4.79 Å². The quantitative estimate of drug-likeness (QED) is 0.755. The number of hydrogen-bond acceptors (Lipinski definition) is 3. The van der Waals surface area contributed by atoms with Crippen LogP contribution in [0.5, 0.6) is 0 Å². The summed E-state index contributed by atoms with van der Waals surface area (Å²) < 4.78 is 0. The predicted octanol–water partition coefficient (Wildman–Crippen LogP) is 0.861. The Kier molecular flexibility index (Phi) is 2.52. The van der Waals surface area contributed by atoms with Crippen molar-refractivity contribution in [3.63, 3.8) is 0 Å². The molecule has 1 aromatic rings. The third-order valence-corrected chi connectivity index (χ3v) is 3.52. The zero-order valence-corrected chi connectivity index (χ0v) is 9.65. The van der Waals surface area contributed by atoms with Gasteiger partial charge in [-0.05, 0) is 30.5 Å². The molecule has 2 N–H and O–H groups in total. The van der Waals surface area contributed by atoms with Crippen LogP contribution < -0.4 is 5.32 Å². The zero-order valence-electron chi connectivity index (χ0n) is 9.65. The van der Waals surface area contributed by atoms with Crippen molar-refractivity contribution in [3.8, 4) is 0 Å². The molecule has 2 heterocycles. The first-order chi connectivity index (χ1) is 8.24. The molecule has 0 aromatic heterocycles. The lowest BCUT2D eigenvalue weighted by molar-refractivity contribution is 0.0765. The minimum absolute atomic E-state index is 0.0260. The minimum atomic E-state index is -0.355. The van der Waals surface area contributed by atoms with E-state index in [1.165, 1.54) is 5.56 Å². The van der Waals surface area contributed by atoms with Crippen molar-refractivity contribution >= 4 is 11.6 Å². The van der Waals surface area contributed by atoms with Crippen LogP contribution in [0.25, 0.3) is 0 Å². The molecular weight excluding hydrogens is 216 g/mol. The van der Waals surface area contributed by atoms with Crippen LogP contribution in [-0.4, -0.2) is 41.7 Å². The third-order valence-electron chi connectivity index (χ3n) is 3.52. The second-order valence-corrected chi connectivity index (χ2v) is 4.74. The summed E-state index contributed by atoms with van der Waals surface area (Å²) in [4.78, 5) is 13.9. The zero-order chi connectivity index (χ0) is 11.8. The average Bonchev–Trinajstić information content (AvgIpc) is 2.95. The van der Waals surface area contributed by atoms with E-state index in [4.69, 9.17) is 0 Å². The highest BCUT2D eigenvalue weighted by Crippen LogP contribution is 2.24. The Balaban J connectivity index is 1.82. The summed E-state index contributed by atoms with van der Waals surface area (Å²) in [5.41, 5.74) is 3.07. The van der Waals surface area contributed by atoms with Crippen LogP contribution in [-0.2, 0) is 6.42 Å². The van der Waals surface area contributed by atoms with Gasteiger partial charge < -0.3 is 15.3 Å². The normalized spacial score (nSPS) is 22.4. The molecule has 17 heavy (non-hydrogen) atoms. The second-order valence-electron chi connectivity index (χ2n) is 4.74. The van der Waals surface area contributed by atoms with E-state index in [1.807, 2.05) is 18.2 Å². The highest BCUT2D eigenvalue weighted by molar-refractivity contribution is 5.95. The van der Waals surface area contributed by atoms with Gasteiger partial charge in [0.1, 0.15) is 0 Å². The number of amides is 1. The summed E-state index contributed by atoms with van der Waals surface area (Å²) in [5.74, 6) is 0.0260. The fraction of sp³-hybridized carbons (Fsp3) is 0.462. The third kappa shape index (κ3) is 1.89. The number of fused-ring (bicyclic) bond motifs is 1. The molecule has 0 saturated carbocycles. The standard InChI is InChI=1S/C13H16N2O2/c16-11-4-6-15(8-11)13(17)10-2-1-9-3-5-14-12(9)7-10/h1-2,7,11,14,16H,3-6,8H2. The van der Waals surface area contributed by atoms with Crippen molar-refractivity contribution in [1.82, 2.24) is 4.90 Å². The molecular formula is C13H16N2O2. The molecule has 4 heteroatoms. The van der Waals surface area contributed by atoms with Crippen LogP contribution in [0.15, 0.2) is 18.2 Å². The molecule has 1 fully saturated rings. The van der Waals surface area contributed by atoms with E-state index in [0.717, 1.165) is 18.7 Å². The number of β-amino-alcohol motifs (C(OH)–C–C–N with tert-alkyl or cyclic N) is 1. The van der Waals surface area contributed by atoms with Gasteiger partial charge in [-0.15, -0.1) is 0 Å². The molecule has 0 radical (unpaired) electrons. The van der Waals surface area contributed by atoms with Crippen LogP contribution in [0.2, 0.25) is 0 Å². The predicted molar refractivity (Wildman–Crippen MR) is 65.2 cm³/mol. The lowest BCUT2D eigenvalue weighted by atomic mass is 10.1. The number of nitrogens with one attached hydrogen (secondary N) is 1. The van der Waals surface area contributed by atoms with Crippen molar-refractivity contribution in [2.75, 3.05) is 25.0 Å². The molecule has 2 aliphatic rings. The van der Waals surface area contributed by atoms with Crippen molar-refractivity contribution in [2.45, 2.75) is 18.9 Å². The maximum atomic E-state index is 12.2. The van der Waals surface area contributed by atoms with E-state index in [2.05, 4.69) is 5.32 Å². The lowest BCUT2D eigenvalue weighted by Crippen LogP contribution is -2.29. The smallest absolute Gasteiger partial charge is 0.254 e. The molecule has 1 aromatic carbocycles. The summed E-state index contributed by atoms with van der Waals surface area (Å²) in [5, 5.41) is 12.7.